The zero-order valence-electron chi connectivity index (χ0n) is 24.2. The first-order valence-electron chi connectivity index (χ1n) is 14.0. The minimum atomic E-state index is -1.21. The first-order valence-corrected chi connectivity index (χ1v) is 14.8. The summed E-state index contributed by atoms with van der Waals surface area (Å²) in [6.45, 7) is 5.20. The summed E-state index contributed by atoms with van der Waals surface area (Å²) in [7, 11) is 1.28. The molecule has 5 atom stereocenters. The molecule has 2 fully saturated rings. The summed E-state index contributed by atoms with van der Waals surface area (Å²) in [5.74, 6) is -1.67. The van der Waals surface area contributed by atoms with Crippen LogP contribution in [-0.4, -0.2) is 81.7 Å². The van der Waals surface area contributed by atoms with E-state index in [1.807, 2.05) is 12.2 Å². The van der Waals surface area contributed by atoms with Crippen molar-refractivity contribution in [3.8, 4) is 5.88 Å². The van der Waals surface area contributed by atoms with Crippen LogP contribution in [0.2, 0.25) is 10.4 Å². The van der Waals surface area contributed by atoms with Crippen LogP contribution >= 0.6 is 23.2 Å². The molecule has 1 aromatic heterocycles. The number of rotatable bonds is 4. The standard InChI is InChI=1S/C28H37Cl2N5O7/c1-27(2,3)42-26(39)31-18-11-9-7-5-6-8-10-16-14-28(16,24(38)40-4)34-22(36)19-12-17(15-35(19)23(18)37)41-21-13-20(29)32-25(30)33-21/h8,10,13,16-19H,5-7,9,11-12,14-15H2,1-4H3,(H,31,39)(H,34,36)/b10-8-/t16-,17+,18-,19-,28+/m0/s1. The van der Waals surface area contributed by atoms with Crippen molar-refractivity contribution in [1.82, 2.24) is 25.5 Å². The van der Waals surface area contributed by atoms with Crippen molar-refractivity contribution >= 4 is 47.1 Å². The summed E-state index contributed by atoms with van der Waals surface area (Å²) >= 11 is 11.9. The van der Waals surface area contributed by atoms with E-state index >= 15 is 0 Å². The number of nitrogens with zero attached hydrogens (tertiary/aromatic N) is 3. The summed E-state index contributed by atoms with van der Waals surface area (Å²) < 4.78 is 16.4. The topological polar surface area (TPSA) is 149 Å². The van der Waals surface area contributed by atoms with E-state index < -0.39 is 53.2 Å². The highest BCUT2D eigenvalue weighted by Gasteiger charge is 2.62. The maximum absolute atomic E-state index is 14.0. The van der Waals surface area contributed by atoms with E-state index in [1.54, 1.807) is 20.8 Å². The highest BCUT2D eigenvalue weighted by atomic mass is 35.5. The number of hydrogen-bond donors (Lipinski definition) is 2. The Bertz CT molecular complexity index is 1220. The van der Waals surface area contributed by atoms with E-state index in [-0.39, 0.29) is 35.2 Å². The molecule has 14 heteroatoms. The Kier molecular flexibility index (Phi) is 9.87. The maximum Gasteiger partial charge on any atom is 0.408 e. The molecule has 1 aliphatic carbocycles. The Morgan fingerprint density at radius 3 is 2.62 bits per heavy atom. The molecule has 4 rings (SSSR count). The molecule has 42 heavy (non-hydrogen) atoms. The molecule has 0 bridgehead atoms. The number of methoxy groups -OCH3 is 1. The maximum atomic E-state index is 14.0. The zero-order valence-corrected chi connectivity index (χ0v) is 25.7. The van der Waals surface area contributed by atoms with Gasteiger partial charge in [-0.25, -0.2) is 14.6 Å². The second kappa shape index (κ2) is 13.0. The summed E-state index contributed by atoms with van der Waals surface area (Å²) in [6.07, 6.45) is 6.51. The van der Waals surface area contributed by atoms with Gasteiger partial charge in [-0.05, 0) is 58.1 Å². The lowest BCUT2D eigenvalue weighted by atomic mass is 10.0. The minimum Gasteiger partial charge on any atom is -0.472 e. The summed E-state index contributed by atoms with van der Waals surface area (Å²) in [5.41, 5.74) is -1.98. The van der Waals surface area contributed by atoms with Gasteiger partial charge in [-0.1, -0.05) is 36.6 Å². The van der Waals surface area contributed by atoms with Gasteiger partial charge in [-0.3, -0.25) is 9.59 Å². The molecule has 3 aliphatic rings. The molecular formula is C28H37Cl2N5O7. The van der Waals surface area contributed by atoms with E-state index in [0.717, 1.165) is 19.3 Å². The van der Waals surface area contributed by atoms with Gasteiger partial charge in [0.1, 0.15) is 34.5 Å². The van der Waals surface area contributed by atoms with Crippen LogP contribution < -0.4 is 15.4 Å². The smallest absolute Gasteiger partial charge is 0.408 e. The number of hydrogen-bond acceptors (Lipinski definition) is 9. The van der Waals surface area contributed by atoms with Crippen LogP contribution in [0.1, 0.15) is 65.7 Å². The van der Waals surface area contributed by atoms with E-state index in [0.29, 0.717) is 19.3 Å². The van der Waals surface area contributed by atoms with Crippen LogP contribution in [0.25, 0.3) is 0 Å². The molecule has 230 valence electrons. The monoisotopic (exact) mass is 625 g/mol. The molecular weight excluding hydrogens is 589 g/mol. The first kappa shape index (κ1) is 31.8. The Morgan fingerprint density at radius 1 is 1.17 bits per heavy atom. The number of ether oxygens (including phenoxy) is 3. The third kappa shape index (κ3) is 7.83. The van der Waals surface area contributed by atoms with E-state index in [2.05, 4.69) is 20.6 Å². The number of carbonyl (C=O) groups is 4. The molecule has 0 unspecified atom stereocenters. The number of halogens is 2. The summed E-state index contributed by atoms with van der Waals surface area (Å²) in [4.78, 5) is 62.6. The van der Waals surface area contributed by atoms with Gasteiger partial charge < -0.3 is 29.7 Å². The van der Waals surface area contributed by atoms with Crippen LogP contribution in [0.3, 0.4) is 0 Å². The van der Waals surface area contributed by atoms with Crippen LogP contribution in [0.4, 0.5) is 4.79 Å². The number of esters is 1. The highest BCUT2D eigenvalue weighted by Crippen LogP contribution is 2.46. The predicted octanol–water partition coefficient (Wildman–Crippen LogP) is 3.59. The van der Waals surface area contributed by atoms with Crippen molar-refractivity contribution in [2.75, 3.05) is 13.7 Å². The van der Waals surface area contributed by atoms with Crippen LogP contribution in [0.5, 0.6) is 5.88 Å². The average molecular weight is 627 g/mol. The van der Waals surface area contributed by atoms with Crippen LogP contribution in [-0.2, 0) is 23.9 Å². The Hall–Kier alpha value is -3.12. The van der Waals surface area contributed by atoms with Gasteiger partial charge in [0.15, 0.2) is 0 Å². The fraction of sp³-hybridized carbons (Fsp3) is 0.643. The first-order chi connectivity index (χ1) is 19.8. The summed E-state index contributed by atoms with van der Waals surface area (Å²) in [5, 5.41) is 5.54. The molecule has 2 aliphatic heterocycles. The van der Waals surface area contributed by atoms with Crippen molar-refractivity contribution in [1.29, 1.82) is 0 Å². The highest BCUT2D eigenvalue weighted by molar-refractivity contribution is 6.31. The number of nitrogens with one attached hydrogen (secondary N) is 2. The molecule has 0 spiro atoms. The van der Waals surface area contributed by atoms with Gasteiger partial charge in [0, 0.05) is 18.4 Å². The van der Waals surface area contributed by atoms with Crippen molar-refractivity contribution < 1.29 is 33.4 Å². The quantitative estimate of drug-likeness (QED) is 0.221. The van der Waals surface area contributed by atoms with Gasteiger partial charge in [0.25, 0.3) is 0 Å². The minimum absolute atomic E-state index is 0.0111. The fourth-order valence-corrected chi connectivity index (χ4v) is 5.76. The lowest BCUT2D eigenvalue weighted by Crippen LogP contribution is -2.56. The van der Waals surface area contributed by atoms with Crippen LogP contribution in [0, 0.1) is 5.92 Å². The van der Waals surface area contributed by atoms with Gasteiger partial charge in [0.2, 0.25) is 23.0 Å². The van der Waals surface area contributed by atoms with Crippen molar-refractivity contribution in [3.05, 3.63) is 28.7 Å². The van der Waals surface area contributed by atoms with E-state index in [1.165, 1.54) is 18.1 Å². The van der Waals surface area contributed by atoms with Gasteiger partial charge in [-0.2, -0.15) is 4.98 Å². The van der Waals surface area contributed by atoms with Gasteiger partial charge in [0.05, 0.1) is 13.7 Å². The predicted molar refractivity (Wildman–Crippen MR) is 153 cm³/mol. The SMILES string of the molecule is COC(=O)[C@@]12C[C@@H]1/C=C\CCCCC[C@H](NC(=O)OC(C)(C)C)C(=O)N1C[C@H](Oc3cc(Cl)nc(Cl)n3)C[C@H]1C(=O)N2. The van der Waals surface area contributed by atoms with Crippen LogP contribution in [0.15, 0.2) is 18.2 Å². The van der Waals surface area contributed by atoms with Crippen molar-refractivity contribution in [2.45, 2.75) is 95.0 Å². The third-order valence-corrected chi connectivity index (χ3v) is 7.77. The average Bonchev–Trinajstić information content (AvgIpc) is 3.41. The van der Waals surface area contributed by atoms with Gasteiger partial charge >= 0.3 is 12.1 Å². The molecule has 0 aromatic carbocycles. The molecule has 3 amide bonds. The van der Waals surface area contributed by atoms with E-state index in [4.69, 9.17) is 37.4 Å². The normalized spacial score (nSPS) is 29.1. The number of alkyl carbamates (subject to hydrolysis) is 1. The van der Waals surface area contributed by atoms with Crippen molar-refractivity contribution in [3.63, 3.8) is 0 Å². The second-order valence-electron chi connectivity index (χ2n) is 11.8. The lowest BCUT2D eigenvalue weighted by Gasteiger charge is -2.30. The van der Waals surface area contributed by atoms with Crippen molar-refractivity contribution in [2.24, 2.45) is 5.92 Å². The number of allylic oxidation sites excluding steroid dienone is 1. The lowest BCUT2D eigenvalue weighted by molar-refractivity contribution is -0.148. The Morgan fingerprint density at radius 2 is 1.93 bits per heavy atom. The molecule has 12 nitrogen and oxygen atoms in total. The number of aromatic nitrogens is 2. The molecule has 0 radical (unpaired) electrons. The second-order valence-corrected chi connectivity index (χ2v) is 12.5. The van der Waals surface area contributed by atoms with E-state index in [9.17, 15) is 19.2 Å². The molecule has 3 heterocycles. The zero-order chi connectivity index (χ0) is 30.7. The Labute approximate surface area is 254 Å². The fourth-order valence-electron chi connectivity index (χ4n) is 5.37. The molecule has 2 N–H and O–H groups in total. The molecule has 1 saturated heterocycles. The number of carbonyl (C=O) groups excluding carboxylic acids is 4. The third-order valence-electron chi connectivity index (χ3n) is 7.41. The van der Waals surface area contributed by atoms with Gasteiger partial charge in [-0.15, -0.1) is 0 Å². The summed E-state index contributed by atoms with van der Waals surface area (Å²) in [6, 6.07) is -0.568. The molecule has 1 aromatic rings. The number of amides is 3. The number of fused-ring (bicyclic) bond motifs is 2. The Balaban J connectivity index is 1.63. The molecule has 1 saturated carbocycles. The largest absolute Gasteiger partial charge is 0.472 e.